The van der Waals surface area contributed by atoms with Gasteiger partial charge in [0.1, 0.15) is 30.0 Å². The summed E-state index contributed by atoms with van der Waals surface area (Å²) in [4.78, 5) is 43.9. The van der Waals surface area contributed by atoms with E-state index in [0.717, 1.165) is 80.0 Å². The summed E-state index contributed by atoms with van der Waals surface area (Å²) < 4.78 is 11.1. The zero-order valence-electron chi connectivity index (χ0n) is 25.5. The first kappa shape index (κ1) is 27.9. The number of nitrogens with one attached hydrogen (secondary N) is 3. The van der Waals surface area contributed by atoms with Crippen molar-refractivity contribution in [3.05, 3.63) is 65.9 Å². The molecule has 0 spiro atoms. The zero-order valence-corrected chi connectivity index (χ0v) is 25.5. The maximum atomic E-state index is 13.8. The van der Waals surface area contributed by atoms with E-state index in [9.17, 15) is 9.59 Å². The Morgan fingerprint density at radius 1 is 1.09 bits per heavy atom. The fourth-order valence-corrected chi connectivity index (χ4v) is 6.69. The summed E-state index contributed by atoms with van der Waals surface area (Å²) in [6.07, 6.45) is 2.87. The van der Waals surface area contributed by atoms with Crippen molar-refractivity contribution in [1.29, 1.82) is 0 Å². The van der Waals surface area contributed by atoms with Gasteiger partial charge in [0.25, 0.3) is 0 Å². The van der Waals surface area contributed by atoms with Gasteiger partial charge in [-0.3, -0.25) is 4.79 Å². The summed E-state index contributed by atoms with van der Waals surface area (Å²) in [6.45, 7) is 8.31. The third-order valence-corrected chi connectivity index (χ3v) is 9.01. The SMILES string of the molecule is COC(=O)N[C@H](C(=O)N1[C@@H](C)CC[C@H]1c1nc2ccc3cc4c(cc3c2[nH]1)OCc1cc(-c2cnc(C)[nH]2)ccc1-4)C(C)C. The van der Waals surface area contributed by atoms with Crippen molar-refractivity contribution in [3.8, 4) is 28.1 Å². The van der Waals surface area contributed by atoms with Crippen LogP contribution in [0.3, 0.4) is 0 Å². The number of hydrogen-bond acceptors (Lipinski definition) is 6. The van der Waals surface area contributed by atoms with Gasteiger partial charge < -0.3 is 29.7 Å². The van der Waals surface area contributed by atoms with Gasteiger partial charge in [-0.15, -0.1) is 0 Å². The van der Waals surface area contributed by atoms with Gasteiger partial charge >= 0.3 is 6.09 Å². The summed E-state index contributed by atoms with van der Waals surface area (Å²) in [5.74, 6) is 2.23. The minimum atomic E-state index is -0.693. The zero-order chi connectivity index (χ0) is 30.7. The number of benzene rings is 3. The fraction of sp³-hybridized carbons (Fsp3) is 0.353. The van der Waals surface area contributed by atoms with Crippen molar-refractivity contribution >= 4 is 33.8 Å². The molecule has 4 heterocycles. The van der Waals surface area contributed by atoms with Gasteiger partial charge in [0, 0.05) is 17.0 Å². The average molecular weight is 593 g/mol. The number of ether oxygens (including phenoxy) is 2. The van der Waals surface area contributed by atoms with E-state index in [1.54, 1.807) is 0 Å². The van der Waals surface area contributed by atoms with Crippen LogP contribution in [0.1, 0.15) is 56.9 Å². The van der Waals surface area contributed by atoms with Gasteiger partial charge in [-0.2, -0.15) is 0 Å². The number of H-pyrrole nitrogens is 2. The molecule has 0 radical (unpaired) electrons. The Balaban J connectivity index is 1.24. The molecule has 0 aliphatic carbocycles. The molecule has 0 bridgehead atoms. The van der Waals surface area contributed by atoms with E-state index in [1.807, 2.05) is 44.9 Å². The molecule has 1 saturated heterocycles. The number of amides is 2. The minimum Gasteiger partial charge on any atom is -0.488 e. The van der Waals surface area contributed by atoms with E-state index >= 15 is 0 Å². The van der Waals surface area contributed by atoms with Gasteiger partial charge in [-0.05, 0) is 78.9 Å². The number of imidazole rings is 2. The molecule has 2 aromatic heterocycles. The maximum Gasteiger partial charge on any atom is 0.407 e. The summed E-state index contributed by atoms with van der Waals surface area (Å²) >= 11 is 0. The van der Waals surface area contributed by atoms with E-state index in [4.69, 9.17) is 14.5 Å². The summed E-state index contributed by atoms with van der Waals surface area (Å²) in [6, 6.07) is 13.9. The van der Waals surface area contributed by atoms with Crippen molar-refractivity contribution in [2.75, 3.05) is 7.11 Å². The number of aromatic nitrogens is 4. The number of fused-ring (bicyclic) bond motifs is 6. The predicted molar refractivity (Wildman–Crippen MR) is 168 cm³/mol. The number of methoxy groups -OCH3 is 1. The van der Waals surface area contributed by atoms with Crippen molar-refractivity contribution in [1.82, 2.24) is 30.2 Å². The molecule has 10 heteroatoms. The lowest BCUT2D eigenvalue weighted by atomic mass is 9.92. The predicted octanol–water partition coefficient (Wildman–Crippen LogP) is 6.41. The Morgan fingerprint density at radius 3 is 2.68 bits per heavy atom. The smallest absolute Gasteiger partial charge is 0.407 e. The van der Waals surface area contributed by atoms with Crippen LogP contribution in [0, 0.1) is 12.8 Å². The minimum absolute atomic E-state index is 0.0106. The molecule has 0 saturated carbocycles. The highest BCUT2D eigenvalue weighted by molar-refractivity contribution is 6.07. The Hall–Kier alpha value is -4.86. The molecule has 2 amide bonds. The lowest BCUT2D eigenvalue weighted by Gasteiger charge is -2.32. The standard InChI is InChI=1S/C34H36N6O4/c1-17(2)30(39-34(42)43-5)33(41)40-18(3)6-11-28(40)32-37-26-10-8-20-13-25-23-9-7-21(27-15-35-19(4)36-27)12-22(23)16-44-29(25)14-24(20)31(26)38-32/h7-10,12-15,17-18,28,30H,6,11,16H2,1-5H3,(H,35,36)(H,37,38)(H,39,42)/t18-,28-,30-/m0/s1. The Kier molecular flexibility index (Phi) is 6.79. The number of aryl methyl sites for hydroxylation is 1. The number of rotatable bonds is 5. The molecular weight excluding hydrogens is 556 g/mol. The number of hydrogen-bond donors (Lipinski definition) is 3. The van der Waals surface area contributed by atoms with Crippen LogP contribution < -0.4 is 10.1 Å². The molecule has 3 atom stereocenters. The van der Waals surface area contributed by atoms with Crippen molar-refractivity contribution in [2.24, 2.45) is 5.92 Å². The molecule has 2 aliphatic rings. The third-order valence-electron chi connectivity index (χ3n) is 9.01. The molecule has 3 aromatic carbocycles. The molecule has 10 nitrogen and oxygen atoms in total. The van der Waals surface area contributed by atoms with Crippen LogP contribution >= 0.6 is 0 Å². The van der Waals surface area contributed by atoms with Crippen LogP contribution in [0.4, 0.5) is 4.79 Å². The van der Waals surface area contributed by atoms with Crippen molar-refractivity contribution in [2.45, 2.75) is 65.3 Å². The number of carbonyl (C=O) groups is 2. The van der Waals surface area contributed by atoms with Gasteiger partial charge in [0.05, 0.1) is 36.1 Å². The fourth-order valence-electron chi connectivity index (χ4n) is 6.69. The Labute approximate surface area is 255 Å². The van der Waals surface area contributed by atoms with Crippen LogP contribution in [-0.2, 0) is 16.1 Å². The number of alkyl carbamates (subject to hydrolysis) is 1. The molecule has 1 fully saturated rings. The lowest BCUT2D eigenvalue weighted by molar-refractivity contribution is -0.137. The number of aromatic amines is 2. The maximum absolute atomic E-state index is 13.8. The Bertz CT molecular complexity index is 1920. The van der Waals surface area contributed by atoms with E-state index in [-0.39, 0.29) is 23.9 Å². The van der Waals surface area contributed by atoms with Crippen molar-refractivity contribution < 1.29 is 19.1 Å². The lowest BCUT2D eigenvalue weighted by Crippen LogP contribution is -2.52. The molecule has 3 N–H and O–H groups in total. The van der Waals surface area contributed by atoms with Gasteiger partial charge in [-0.1, -0.05) is 32.0 Å². The van der Waals surface area contributed by atoms with Gasteiger partial charge in [0.2, 0.25) is 5.91 Å². The quantitative estimate of drug-likeness (QED) is 0.217. The van der Waals surface area contributed by atoms with Gasteiger partial charge in [0.15, 0.2) is 0 Å². The normalized spacial score (nSPS) is 18.3. The van der Waals surface area contributed by atoms with Gasteiger partial charge in [-0.25, -0.2) is 14.8 Å². The first-order valence-electron chi connectivity index (χ1n) is 15.1. The first-order chi connectivity index (χ1) is 21.2. The molecule has 44 heavy (non-hydrogen) atoms. The number of nitrogens with zero attached hydrogens (tertiary/aromatic N) is 3. The molecule has 0 unspecified atom stereocenters. The summed E-state index contributed by atoms with van der Waals surface area (Å²) in [5, 5.41) is 4.83. The van der Waals surface area contributed by atoms with E-state index in [0.29, 0.717) is 6.61 Å². The molecule has 226 valence electrons. The summed E-state index contributed by atoms with van der Waals surface area (Å²) in [5.41, 5.74) is 7.18. The van der Waals surface area contributed by atoms with Crippen LogP contribution in [0.15, 0.2) is 48.7 Å². The topological polar surface area (TPSA) is 125 Å². The molecule has 5 aromatic rings. The highest BCUT2D eigenvalue weighted by atomic mass is 16.5. The molecular formula is C34H36N6O4. The monoisotopic (exact) mass is 592 g/mol. The first-order valence-corrected chi connectivity index (χ1v) is 15.1. The van der Waals surface area contributed by atoms with Crippen LogP contribution in [0.2, 0.25) is 0 Å². The Morgan fingerprint density at radius 2 is 1.93 bits per heavy atom. The largest absolute Gasteiger partial charge is 0.488 e. The van der Waals surface area contributed by atoms with E-state index < -0.39 is 12.1 Å². The van der Waals surface area contributed by atoms with Crippen LogP contribution in [-0.4, -0.2) is 56.0 Å². The number of likely N-dealkylation sites (tertiary alicyclic amines) is 1. The van der Waals surface area contributed by atoms with Crippen LogP contribution in [0.25, 0.3) is 44.2 Å². The third kappa shape index (κ3) is 4.65. The van der Waals surface area contributed by atoms with E-state index in [2.05, 4.69) is 56.7 Å². The highest BCUT2D eigenvalue weighted by Crippen LogP contribution is 2.43. The second kappa shape index (κ2) is 10.7. The highest BCUT2D eigenvalue weighted by Gasteiger charge is 2.41. The molecule has 2 aliphatic heterocycles. The number of carbonyl (C=O) groups excluding carboxylic acids is 2. The second-order valence-electron chi connectivity index (χ2n) is 12.2. The summed E-state index contributed by atoms with van der Waals surface area (Å²) in [7, 11) is 1.30. The second-order valence-corrected chi connectivity index (χ2v) is 12.2. The van der Waals surface area contributed by atoms with Crippen molar-refractivity contribution in [3.63, 3.8) is 0 Å². The van der Waals surface area contributed by atoms with E-state index in [1.165, 1.54) is 7.11 Å². The van der Waals surface area contributed by atoms with Crippen LogP contribution in [0.5, 0.6) is 5.75 Å². The molecule has 7 rings (SSSR count). The average Bonchev–Trinajstić information content (AvgIpc) is 3.76.